The molecular formula is C17H22N2O3. The summed E-state index contributed by atoms with van der Waals surface area (Å²) in [6.07, 6.45) is 0. The second-order valence-electron chi connectivity index (χ2n) is 5.94. The van der Waals surface area contributed by atoms with Crippen LogP contribution in [0.4, 0.5) is 0 Å². The number of nitrogens with two attached hydrogens (primary N) is 1. The SMILES string of the molecule is Cc1ccc2c(CN(CC(N)=O)C(C)C)cc(=O)oc2c1C. The van der Waals surface area contributed by atoms with Gasteiger partial charge in [0, 0.05) is 24.0 Å². The monoisotopic (exact) mass is 302 g/mol. The Labute approximate surface area is 129 Å². The highest BCUT2D eigenvalue weighted by Gasteiger charge is 2.16. The van der Waals surface area contributed by atoms with Gasteiger partial charge in [-0.1, -0.05) is 12.1 Å². The van der Waals surface area contributed by atoms with Crippen molar-refractivity contribution in [3.63, 3.8) is 0 Å². The Hall–Kier alpha value is -2.14. The van der Waals surface area contributed by atoms with Crippen molar-refractivity contribution >= 4 is 16.9 Å². The van der Waals surface area contributed by atoms with E-state index in [1.165, 1.54) is 6.07 Å². The molecule has 1 amide bonds. The minimum Gasteiger partial charge on any atom is -0.422 e. The minimum atomic E-state index is -0.381. The number of hydrogen-bond acceptors (Lipinski definition) is 4. The maximum Gasteiger partial charge on any atom is 0.336 e. The first-order chi connectivity index (χ1) is 10.3. The molecular weight excluding hydrogens is 280 g/mol. The molecule has 0 fully saturated rings. The number of carbonyl (C=O) groups is 1. The van der Waals surface area contributed by atoms with Crippen molar-refractivity contribution in [3.8, 4) is 0 Å². The van der Waals surface area contributed by atoms with Gasteiger partial charge in [-0.3, -0.25) is 9.69 Å². The number of benzene rings is 1. The number of aryl methyl sites for hydroxylation is 2. The molecule has 0 aliphatic rings. The van der Waals surface area contributed by atoms with Crippen LogP contribution in [0.5, 0.6) is 0 Å². The van der Waals surface area contributed by atoms with E-state index in [0.717, 1.165) is 22.1 Å². The lowest BCUT2D eigenvalue weighted by Crippen LogP contribution is -2.38. The van der Waals surface area contributed by atoms with Crippen molar-refractivity contribution in [1.82, 2.24) is 4.90 Å². The van der Waals surface area contributed by atoms with E-state index in [-0.39, 0.29) is 24.1 Å². The van der Waals surface area contributed by atoms with E-state index in [0.29, 0.717) is 12.1 Å². The zero-order valence-electron chi connectivity index (χ0n) is 13.5. The van der Waals surface area contributed by atoms with Crippen LogP contribution in [0.1, 0.15) is 30.5 Å². The maximum absolute atomic E-state index is 11.9. The number of carbonyl (C=O) groups excluding carboxylic acids is 1. The van der Waals surface area contributed by atoms with Gasteiger partial charge in [-0.2, -0.15) is 0 Å². The maximum atomic E-state index is 11.9. The van der Waals surface area contributed by atoms with E-state index in [1.54, 1.807) is 0 Å². The normalized spacial score (nSPS) is 11.5. The van der Waals surface area contributed by atoms with Gasteiger partial charge < -0.3 is 10.2 Å². The van der Waals surface area contributed by atoms with Crippen molar-refractivity contribution in [1.29, 1.82) is 0 Å². The Morgan fingerprint density at radius 2 is 2.00 bits per heavy atom. The van der Waals surface area contributed by atoms with Gasteiger partial charge in [0.05, 0.1) is 6.54 Å². The first kappa shape index (κ1) is 16.2. The highest BCUT2D eigenvalue weighted by atomic mass is 16.4. The Kier molecular flexibility index (Phi) is 4.66. The van der Waals surface area contributed by atoms with E-state index in [2.05, 4.69) is 0 Å². The van der Waals surface area contributed by atoms with E-state index in [4.69, 9.17) is 10.2 Å². The zero-order valence-corrected chi connectivity index (χ0v) is 13.5. The summed E-state index contributed by atoms with van der Waals surface area (Å²) >= 11 is 0. The highest BCUT2D eigenvalue weighted by Crippen LogP contribution is 2.24. The Bertz CT molecular complexity index is 762. The molecule has 5 nitrogen and oxygen atoms in total. The molecule has 1 aromatic heterocycles. The van der Waals surface area contributed by atoms with Gasteiger partial charge >= 0.3 is 5.63 Å². The van der Waals surface area contributed by atoms with Gasteiger partial charge in [0.2, 0.25) is 5.91 Å². The van der Waals surface area contributed by atoms with Crippen molar-refractivity contribution in [3.05, 3.63) is 45.3 Å². The molecule has 5 heteroatoms. The molecule has 22 heavy (non-hydrogen) atoms. The lowest BCUT2D eigenvalue weighted by atomic mass is 10.0. The van der Waals surface area contributed by atoms with Crippen molar-refractivity contribution in [2.75, 3.05) is 6.54 Å². The second-order valence-corrected chi connectivity index (χ2v) is 5.94. The fraction of sp³-hybridized carbons (Fsp3) is 0.412. The molecule has 1 aromatic carbocycles. The molecule has 0 aliphatic heterocycles. The molecule has 2 aromatic rings. The van der Waals surface area contributed by atoms with Crippen LogP contribution in [-0.4, -0.2) is 23.4 Å². The van der Waals surface area contributed by atoms with Gasteiger partial charge in [-0.25, -0.2) is 4.79 Å². The Balaban J connectivity index is 2.53. The highest BCUT2D eigenvalue weighted by molar-refractivity contribution is 5.84. The van der Waals surface area contributed by atoms with Crippen LogP contribution in [0, 0.1) is 13.8 Å². The standard InChI is InChI=1S/C17H22N2O3/c1-10(2)19(9-15(18)20)8-13-7-16(21)22-17-12(4)11(3)5-6-14(13)17/h5-7,10H,8-9H2,1-4H3,(H2,18,20). The van der Waals surface area contributed by atoms with Gasteiger partial charge in [0.25, 0.3) is 0 Å². The zero-order chi connectivity index (χ0) is 16.4. The number of primary amides is 1. The van der Waals surface area contributed by atoms with Gasteiger partial charge in [-0.15, -0.1) is 0 Å². The number of amides is 1. The van der Waals surface area contributed by atoms with Gasteiger partial charge in [-0.05, 0) is 44.4 Å². The Morgan fingerprint density at radius 3 is 2.59 bits per heavy atom. The first-order valence-corrected chi connectivity index (χ1v) is 7.35. The number of rotatable bonds is 5. The molecule has 0 spiro atoms. The third-order valence-electron chi connectivity index (χ3n) is 3.98. The fourth-order valence-corrected chi connectivity index (χ4v) is 2.50. The van der Waals surface area contributed by atoms with E-state index in [9.17, 15) is 9.59 Å². The molecule has 0 saturated heterocycles. The topological polar surface area (TPSA) is 76.5 Å². The van der Waals surface area contributed by atoms with Crippen molar-refractivity contribution in [2.45, 2.75) is 40.3 Å². The van der Waals surface area contributed by atoms with Gasteiger partial charge in [0.15, 0.2) is 0 Å². The lowest BCUT2D eigenvalue weighted by Gasteiger charge is -2.25. The second kappa shape index (κ2) is 6.32. The van der Waals surface area contributed by atoms with Gasteiger partial charge in [0.1, 0.15) is 5.58 Å². The quantitative estimate of drug-likeness (QED) is 0.858. The molecule has 0 aliphatic carbocycles. The molecule has 0 atom stereocenters. The summed E-state index contributed by atoms with van der Waals surface area (Å²) in [6.45, 7) is 8.54. The van der Waals surface area contributed by atoms with Crippen LogP contribution in [0.2, 0.25) is 0 Å². The van der Waals surface area contributed by atoms with Crippen molar-refractivity contribution < 1.29 is 9.21 Å². The number of fused-ring (bicyclic) bond motifs is 1. The molecule has 2 rings (SSSR count). The third kappa shape index (κ3) is 3.36. The van der Waals surface area contributed by atoms with Crippen LogP contribution >= 0.6 is 0 Å². The summed E-state index contributed by atoms with van der Waals surface area (Å²) < 4.78 is 5.37. The molecule has 0 radical (unpaired) electrons. The first-order valence-electron chi connectivity index (χ1n) is 7.35. The van der Waals surface area contributed by atoms with Crippen LogP contribution in [0.3, 0.4) is 0 Å². The number of nitrogens with zero attached hydrogens (tertiary/aromatic N) is 1. The van der Waals surface area contributed by atoms with E-state index >= 15 is 0 Å². The summed E-state index contributed by atoms with van der Waals surface area (Å²) in [5.74, 6) is -0.381. The molecule has 0 bridgehead atoms. The third-order valence-corrected chi connectivity index (χ3v) is 3.98. The summed E-state index contributed by atoms with van der Waals surface area (Å²) in [5, 5.41) is 0.901. The average molecular weight is 302 g/mol. The van der Waals surface area contributed by atoms with E-state index < -0.39 is 0 Å². The Morgan fingerprint density at radius 1 is 1.32 bits per heavy atom. The summed E-state index contributed by atoms with van der Waals surface area (Å²) in [6, 6.07) is 5.60. The van der Waals surface area contributed by atoms with Crippen LogP contribution in [0.15, 0.2) is 27.4 Å². The fourth-order valence-electron chi connectivity index (χ4n) is 2.50. The number of hydrogen-bond donors (Lipinski definition) is 1. The van der Waals surface area contributed by atoms with E-state index in [1.807, 2.05) is 44.7 Å². The van der Waals surface area contributed by atoms with Crippen LogP contribution in [-0.2, 0) is 11.3 Å². The van der Waals surface area contributed by atoms with Crippen LogP contribution in [0.25, 0.3) is 11.0 Å². The lowest BCUT2D eigenvalue weighted by molar-refractivity contribution is -0.119. The van der Waals surface area contributed by atoms with Crippen molar-refractivity contribution in [2.24, 2.45) is 5.73 Å². The predicted octanol–water partition coefficient (Wildman–Crippen LogP) is 2.11. The molecule has 118 valence electrons. The largest absolute Gasteiger partial charge is 0.422 e. The average Bonchev–Trinajstić information content (AvgIpc) is 2.42. The smallest absolute Gasteiger partial charge is 0.336 e. The summed E-state index contributed by atoms with van der Waals surface area (Å²) in [7, 11) is 0. The van der Waals surface area contributed by atoms with Crippen LogP contribution < -0.4 is 11.4 Å². The minimum absolute atomic E-state index is 0.140. The molecule has 1 heterocycles. The summed E-state index contributed by atoms with van der Waals surface area (Å²) in [5.41, 5.74) is 8.44. The molecule has 2 N–H and O–H groups in total. The molecule has 0 unspecified atom stereocenters. The summed E-state index contributed by atoms with van der Waals surface area (Å²) in [4.78, 5) is 25.0. The molecule has 0 saturated carbocycles. The predicted molar refractivity (Wildman–Crippen MR) is 86.7 cm³/mol.